The Kier molecular flexibility index (Phi) is 4.71. The van der Waals surface area contributed by atoms with E-state index in [1.54, 1.807) is 0 Å². The van der Waals surface area contributed by atoms with Gasteiger partial charge in [0.05, 0.1) is 22.6 Å². The van der Waals surface area contributed by atoms with Crippen LogP contribution in [0, 0.1) is 6.92 Å². The zero-order valence-corrected chi connectivity index (χ0v) is 16.8. The first-order chi connectivity index (χ1) is 12.9. The lowest BCUT2D eigenvalue weighted by Gasteiger charge is -2.32. The van der Waals surface area contributed by atoms with E-state index in [1.165, 1.54) is 11.1 Å². The zero-order valence-electron chi connectivity index (χ0n) is 15.3. The Labute approximate surface area is 169 Å². The van der Waals surface area contributed by atoms with E-state index in [1.807, 2.05) is 36.4 Å². The average Bonchev–Trinajstić information content (AvgIpc) is 2.79. The molecule has 0 bridgehead atoms. The number of hydrogen-bond acceptors (Lipinski definition) is 2. The van der Waals surface area contributed by atoms with Gasteiger partial charge < -0.3 is 5.32 Å². The maximum atomic E-state index is 6.11. The molecule has 1 atom stereocenters. The maximum absolute atomic E-state index is 6.11. The van der Waals surface area contributed by atoms with Crippen LogP contribution in [0.5, 0.6) is 0 Å². The molecule has 1 N–H and O–H groups in total. The van der Waals surface area contributed by atoms with Crippen molar-refractivity contribution in [2.45, 2.75) is 25.8 Å². The average molecular weight is 395 g/mol. The minimum atomic E-state index is -0.317. The summed E-state index contributed by atoms with van der Waals surface area (Å²) in [6, 6.07) is 22.2. The van der Waals surface area contributed by atoms with Gasteiger partial charge in [0.25, 0.3) is 0 Å². The second kappa shape index (κ2) is 7.03. The number of nitrogens with zero attached hydrogens (tertiary/aromatic N) is 1. The van der Waals surface area contributed by atoms with Gasteiger partial charge in [-0.2, -0.15) is 0 Å². The van der Waals surface area contributed by atoms with Gasteiger partial charge in [0.15, 0.2) is 0 Å². The molecule has 1 aliphatic heterocycles. The SMILES string of the molecule is Cc1ccc2c(c1)NC(C)(c1ccc(Cl)cc1)CC(c1ccc(Cl)cc1)=N2. The van der Waals surface area contributed by atoms with E-state index >= 15 is 0 Å². The molecule has 1 heterocycles. The molecule has 136 valence electrons. The van der Waals surface area contributed by atoms with E-state index in [-0.39, 0.29) is 5.54 Å². The molecule has 0 spiro atoms. The first-order valence-corrected chi connectivity index (χ1v) is 9.67. The van der Waals surface area contributed by atoms with Crippen LogP contribution < -0.4 is 5.32 Å². The fraction of sp³-hybridized carbons (Fsp3) is 0.174. The summed E-state index contributed by atoms with van der Waals surface area (Å²) in [7, 11) is 0. The molecule has 1 aliphatic rings. The van der Waals surface area contributed by atoms with Gasteiger partial charge in [-0.1, -0.05) is 53.5 Å². The van der Waals surface area contributed by atoms with E-state index < -0.39 is 0 Å². The molecule has 4 rings (SSSR count). The van der Waals surface area contributed by atoms with Gasteiger partial charge >= 0.3 is 0 Å². The largest absolute Gasteiger partial charge is 0.374 e. The molecule has 4 heteroatoms. The highest BCUT2D eigenvalue weighted by Crippen LogP contribution is 2.39. The number of nitrogens with one attached hydrogen (secondary N) is 1. The molecule has 0 saturated heterocycles. The lowest BCUT2D eigenvalue weighted by Crippen LogP contribution is -2.33. The molecule has 0 aromatic heterocycles. The van der Waals surface area contributed by atoms with Crippen LogP contribution in [-0.4, -0.2) is 5.71 Å². The Morgan fingerprint density at radius 2 is 1.52 bits per heavy atom. The Morgan fingerprint density at radius 1 is 0.889 bits per heavy atom. The normalized spacial score (nSPS) is 18.9. The standard InChI is InChI=1S/C23H20Cl2N2/c1-15-3-12-20-21(13-15)27-23(2,17-6-10-19(25)11-7-17)14-22(26-20)16-4-8-18(24)9-5-16/h3-13,27H,14H2,1-2H3. The molecule has 0 amide bonds. The van der Waals surface area contributed by atoms with Crippen molar-refractivity contribution in [1.29, 1.82) is 0 Å². The van der Waals surface area contributed by atoms with Crippen LogP contribution in [0.4, 0.5) is 11.4 Å². The smallest absolute Gasteiger partial charge is 0.0864 e. The second-order valence-corrected chi connectivity index (χ2v) is 8.10. The van der Waals surface area contributed by atoms with Gasteiger partial charge in [-0.3, -0.25) is 4.99 Å². The van der Waals surface area contributed by atoms with Gasteiger partial charge in [0, 0.05) is 16.5 Å². The maximum Gasteiger partial charge on any atom is 0.0864 e. The van der Waals surface area contributed by atoms with Crippen molar-refractivity contribution in [3.63, 3.8) is 0 Å². The number of benzene rings is 3. The van der Waals surface area contributed by atoms with Crippen LogP contribution in [0.1, 0.15) is 30.0 Å². The first-order valence-electron chi connectivity index (χ1n) is 8.91. The fourth-order valence-corrected chi connectivity index (χ4v) is 3.76. The molecule has 0 fully saturated rings. The topological polar surface area (TPSA) is 24.4 Å². The third kappa shape index (κ3) is 3.73. The van der Waals surface area contributed by atoms with Gasteiger partial charge in [0.2, 0.25) is 0 Å². The minimum Gasteiger partial charge on any atom is -0.374 e. The van der Waals surface area contributed by atoms with E-state index in [4.69, 9.17) is 28.2 Å². The number of fused-ring (bicyclic) bond motifs is 1. The third-order valence-corrected chi connectivity index (χ3v) is 5.50. The summed E-state index contributed by atoms with van der Waals surface area (Å²) >= 11 is 12.2. The summed E-state index contributed by atoms with van der Waals surface area (Å²) in [5, 5.41) is 5.20. The Balaban J connectivity index is 1.86. The van der Waals surface area contributed by atoms with Gasteiger partial charge in [0.1, 0.15) is 0 Å². The fourth-order valence-electron chi connectivity index (χ4n) is 3.51. The van der Waals surface area contributed by atoms with Crippen molar-refractivity contribution in [1.82, 2.24) is 0 Å². The summed E-state index contributed by atoms with van der Waals surface area (Å²) in [5.74, 6) is 0. The molecule has 0 saturated carbocycles. The van der Waals surface area contributed by atoms with Gasteiger partial charge in [-0.05, 0) is 66.9 Å². The third-order valence-electron chi connectivity index (χ3n) is 5.00. The lowest BCUT2D eigenvalue weighted by molar-refractivity contribution is 0.571. The van der Waals surface area contributed by atoms with Crippen molar-refractivity contribution in [3.8, 4) is 0 Å². The number of hydrogen-bond donors (Lipinski definition) is 1. The van der Waals surface area contributed by atoms with Crippen molar-refractivity contribution in [2.24, 2.45) is 4.99 Å². The van der Waals surface area contributed by atoms with Crippen LogP contribution in [0.2, 0.25) is 10.0 Å². The summed E-state index contributed by atoms with van der Waals surface area (Å²) in [6.07, 6.45) is 0.740. The number of anilines is 1. The summed E-state index contributed by atoms with van der Waals surface area (Å²) in [5.41, 5.74) is 6.14. The molecule has 3 aromatic rings. The van der Waals surface area contributed by atoms with Crippen LogP contribution in [-0.2, 0) is 5.54 Å². The van der Waals surface area contributed by atoms with E-state index in [9.17, 15) is 0 Å². The second-order valence-electron chi connectivity index (χ2n) is 7.23. The summed E-state index contributed by atoms with van der Waals surface area (Å²) in [6.45, 7) is 4.30. The van der Waals surface area contributed by atoms with Crippen LogP contribution in [0.15, 0.2) is 71.7 Å². The predicted octanol–water partition coefficient (Wildman–Crippen LogP) is 7.15. The number of aliphatic imine (C=N–C) groups is 1. The van der Waals surface area contributed by atoms with E-state index in [2.05, 4.69) is 49.5 Å². The lowest BCUT2D eigenvalue weighted by atomic mass is 9.85. The summed E-state index contributed by atoms with van der Waals surface area (Å²) < 4.78 is 0. The molecule has 27 heavy (non-hydrogen) atoms. The number of rotatable bonds is 2. The van der Waals surface area contributed by atoms with Crippen LogP contribution in [0.3, 0.4) is 0 Å². The van der Waals surface area contributed by atoms with Crippen LogP contribution >= 0.6 is 23.2 Å². The predicted molar refractivity (Wildman–Crippen MR) is 116 cm³/mol. The highest BCUT2D eigenvalue weighted by atomic mass is 35.5. The number of halogens is 2. The molecule has 3 aromatic carbocycles. The Morgan fingerprint density at radius 3 is 2.19 bits per heavy atom. The molecule has 0 radical (unpaired) electrons. The number of aryl methyl sites for hydroxylation is 1. The molecular formula is C23H20Cl2N2. The molecule has 0 aliphatic carbocycles. The van der Waals surface area contributed by atoms with E-state index in [0.717, 1.165) is 39.1 Å². The first kappa shape index (κ1) is 18.1. The highest BCUT2D eigenvalue weighted by molar-refractivity contribution is 6.31. The summed E-state index contributed by atoms with van der Waals surface area (Å²) in [4.78, 5) is 5.00. The minimum absolute atomic E-state index is 0.317. The highest BCUT2D eigenvalue weighted by Gasteiger charge is 2.32. The Bertz CT molecular complexity index is 1010. The molecule has 1 unspecified atom stereocenters. The van der Waals surface area contributed by atoms with Gasteiger partial charge in [-0.15, -0.1) is 0 Å². The Hall–Kier alpha value is -2.29. The van der Waals surface area contributed by atoms with Crippen molar-refractivity contribution < 1.29 is 0 Å². The molecular weight excluding hydrogens is 375 g/mol. The van der Waals surface area contributed by atoms with Crippen molar-refractivity contribution >= 4 is 40.3 Å². The van der Waals surface area contributed by atoms with Crippen LogP contribution in [0.25, 0.3) is 0 Å². The zero-order chi connectivity index (χ0) is 19.0. The monoisotopic (exact) mass is 394 g/mol. The van der Waals surface area contributed by atoms with Crippen molar-refractivity contribution in [2.75, 3.05) is 5.32 Å². The quantitative estimate of drug-likeness (QED) is 0.489. The molecule has 2 nitrogen and oxygen atoms in total. The van der Waals surface area contributed by atoms with Gasteiger partial charge in [-0.25, -0.2) is 0 Å². The van der Waals surface area contributed by atoms with E-state index in [0.29, 0.717) is 0 Å². The van der Waals surface area contributed by atoms with Crippen molar-refractivity contribution in [3.05, 3.63) is 93.5 Å².